The van der Waals surface area contributed by atoms with E-state index < -0.39 is 10.9 Å². The first-order chi connectivity index (χ1) is 24.9. The molecule has 2 atom stereocenters. The maximum absolute atomic E-state index is 11.9. The molecule has 7 rings (SSSR count). The minimum absolute atomic E-state index is 0. The molecule has 13 nitrogen and oxygen atoms in total. The van der Waals surface area contributed by atoms with E-state index >= 15 is 0 Å². The number of fused-ring (bicyclic) bond motifs is 4. The van der Waals surface area contributed by atoms with Crippen LogP contribution in [-0.4, -0.2) is 61.9 Å². The van der Waals surface area contributed by atoms with E-state index in [-0.39, 0.29) is 76.6 Å². The smallest absolute Gasteiger partial charge is 0.310 e. The van der Waals surface area contributed by atoms with Crippen molar-refractivity contribution in [1.29, 1.82) is 0 Å². The topological polar surface area (TPSA) is 160 Å². The summed E-state index contributed by atoms with van der Waals surface area (Å²) < 4.78 is 28.5. The van der Waals surface area contributed by atoms with Crippen molar-refractivity contribution in [3.8, 4) is 23.0 Å². The molecule has 3 aliphatic rings. The number of esters is 1. The van der Waals surface area contributed by atoms with Crippen LogP contribution in [-0.2, 0) is 61.3 Å². The van der Waals surface area contributed by atoms with Gasteiger partial charge < -0.3 is 47.1 Å². The molecule has 3 heterocycles. The Balaban J connectivity index is 0.000000231. The summed E-state index contributed by atoms with van der Waals surface area (Å²) in [5.41, 5.74) is 4.09. The fraction of sp³-hybridized carbons (Fsp3) is 0.308. The first-order valence-corrected chi connectivity index (χ1v) is 16.9. The van der Waals surface area contributed by atoms with E-state index in [4.69, 9.17) is 23.7 Å². The summed E-state index contributed by atoms with van der Waals surface area (Å²) >= 11 is 0. The molecular weight excluding hydrogens is 864 g/mol. The monoisotopic (exact) mass is 906 g/mol. The van der Waals surface area contributed by atoms with Crippen molar-refractivity contribution in [3.63, 3.8) is 0 Å². The molecule has 0 saturated heterocycles. The van der Waals surface area contributed by atoms with Crippen LogP contribution in [0.15, 0.2) is 84.9 Å². The summed E-state index contributed by atoms with van der Waals surface area (Å²) in [6.45, 7) is 5.35. The van der Waals surface area contributed by atoms with Crippen LogP contribution >= 0.6 is 0 Å². The molecule has 0 aromatic heterocycles. The number of nitro benzene ring substituents is 1. The molecular formula is C39H43N4O9Pt-. The van der Waals surface area contributed by atoms with Crippen molar-refractivity contribution < 1.29 is 59.3 Å². The predicted molar refractivity (Wildman–Crippen MR) is 195 cm³/mol. The summed E-state index contributed by atoms with van der Waals surface area (Å²) in [6, 6.07) is 26.7. The Morgan fingerprint density at radius 2 is 1.40 bits per heavy atom. The van der Waals surface area contributed by atoms with Crippen LogP contribution in [0.4, 0.5) is 11.4 Å². The molecule has 284 valence electrons. The summed E-state index contributed by atoms with van der Waals surface area (Å²) in [5.74, 6) is 1.51. The maximum Gasteiger partial charge on any atom is 0.310 e. The van der Waals surface area contributed by atoms with E-state index in [1.54, 1.807) is 6.92 Å². The number of carbonyl (C=O) groups excluding carboxylic acids is 2. The molecule has 0 saturated carbocycles. The second-order valence-electron chi connectivity index (χ2n) is 12.1. The Labute approximate surface area is 323 Å². The SMILES string of the molecule is CCOC(=O)Cc1c([N+](=O)[O-])ccc2c1O[C@@H](CNCc1ccccc1)CO2.O=C1Cc2c(ccc3c2O[C@@H](CNCc2ccccc2)CO3)N1.[CH3-].[Pt]. The first-order valence-electron chi connectivity index (χ1n) is 16.9. The molecule has 14 heteroatoms. The third kappa shape index (κ3) is 10.8. The third-order valence-corrected chi connectivity index (χ3v) is 8.36. The number of ether oxygens (including phenoxy) is 5. The van der Waals surface area contributed by atoms with E-state index in [0.29, 0.717) is 50.8 Å². The van der Waals surface area contributed by atoms with E-state index in [1.807, 2.05) is 60.7 Å². The molecule has 0 bridgehead atoms. The summed E-state index contributed by atoms with van der Waals surface area (Å²) in [4.78, 5) is 34.4. The number of nitrogens with one attached hydrogen (secondary N) is 3. The first kappa shape index (κ1) is 40.8. The van der Waals surface area contributed by atoms with Crippen molar-refractivity contribution in [2.75, 3.05) is 38.2 Å². The van der Waals surface area contributed by atoms with Crippen LogP contribution in [0.3, 0.4) is 0 Å². The Morgan fingerprint density at radius 3 is 1.96 bits per heavy atom. The molecule has 0 spiro atoms. The quantitative estimate of drug-likeness (QED) is 0.0744. The van der Waals surface area contributed by atoms with E-state index in [1.165, 1.54) is 17.7 Å². The van der Waals surface area contributed by atoms with E-state index in [0.717, 1.165) is 29.1 Å². The number of rotatable bonds is 12. The average Bonchev–Trinajstić information content (AvgIpc) is 3.54. The fourth-order valence-corrected chi connectivity index (χ4v) is 5.95. The minimum atomic E-state index is -0.549. The molecule has 0 fully saturated rings. The van der Waals surface area contributed by atoms with Gasteiger partial charge in [-0.2, -0.15) is 0 Å². The van der Waals surface area contributed by atoms with Crippen molar-refractivity contribution >= 4 is 23.3 Å². The van der Waals surface area contributed by atoms with Gasteiger partial charge in [0.25, 0.3) is 5.69 Å². The number of carbonyl (C=O) groups is 2. The molecule has 0 unspecified atom stereocenters. The van der Waals surface area contributed by atoms with Crippen molar-refractivity contribution in [3.05, 3.63) is 125 Å². The Morgan fingerprint density at radius 1 is 0.849 bits per heavy atom. The van der Waals surface area contributed by atoms with Crippen LogP contribution in [0.2, 0.25) is 0 Å². The largest absolute Gasteiger partial charge is 0.486 e. The Kier molecular flexibility index (Phi) is 15.2. The second-order valence-corrected chi connectivity index (χ2v) is 12.1. The van der Waals surface area contributed by atoms with Gasteiger partial charge in [0.1, 0.15) is 25.4 Å². The third-order valence-electron chi connectivity index (χ3n) is 8.36. The van der Waals surface area contributed by atoms with E-state index in [2.05, 4.69) is 28.1 Å². The zero-order valence-electron chi connectivity index (χ0n) is 29.5. The molecule has 53 heavy (non-hydrogen) atoms. The maximum atomic E-state index is 11.9. The molecule has 0 radical (unpaired) electrons. The van der Waals surface area contributed by atoms with Gasteiger partial charge in [0.15, 0.2) is 23.0 Å². The average molecular weight is 907 g/mol. The van der Waals surface area contributed by atoms with Gasteiger partial charge >= 0.3 is 5.97 Å². The molecule has 1 amide bonds. The molecule has 4 aromatic carbocycles. The summed E-state index contributed by atoms with van der Waals surface area (Å²) in [7, 11) is 0. The van der Waals surface area contributed by atoms with Crippen LogP contribution in [0.5, 0.6) is 23.0 Å². The normalized spacial score (nSPS) is 16.0. The Hall–Kier alpha value is -4.97. The van der Waals surface area contributed by atoms with Gasteiger partial charge in [0.05, 0.1) is 29.9 Å². The zero-order chi connectivity index (χ0) is 35.6. The second kappa shape index (κ2) is 19.7. The van der Waals surface area contributed by atoms with Crippen LogP contribution in [0.25, 0.3) is 0 Å². The molecule has 3 aliphatic heterocycles. The van der Waals surface area contributed by atoms with E-state index in [9.17, 15) is 19.7 Å². The number of anilines is 1. The van der Waals surface area contributed by atoms with Gasteiger partial charge in [-0.05, 0) is 36.2 Å². The zero-order valence-corrected chi connectivity index (χ0v) is 31.8. The summed E-state index contributed by atoms with van der Waals surface area (Å²) in [5, 5.41) is 20.9. The van der Waals surface area contributed by atoms with Crippen LogP contribution in [0, 0.1) is 17.5 Å². The standard InChI is InChI=1S/C20H22N2O6.C18H18N2O3.CH3.Pt/c1-2-26-19(23)10-16-17(22(24)25)8-9-18-20(16)28-15(13-27-18)12-21-11-14-6-4-3-5-7-14;21-17-8-14-15(20-17)6-7-16-18(14)23-13(11-22-16)10-19-9-12-4-2-1-3-5-12;;/h3-9,15,21H,2,10-13H2,1H3;1-7,13,19H,8-11H2,(H,20,21);1H3;/q;;-1;/t15-;13-;;/m00../s1. The molecule has 3 N–H and O–H groups in total. The number of nitro groups is 1. The molecule has 4 aromatic rings. The predicted octanol–water partition coefficient (Wildman–Crippen LogP) is 5.19. The number of nitrogens with zero attached hydrogens (tertiary/aromatic N) is 1. The van der Waals surface area contributed by atoms with Gasteiger partial charge in [0, 0.05) is 64.6 Å². The van der Waals surface area contributed by atoms with Crippen LogP contribution < -0.4 is 34.9 Å². The van der Waals surface area contributed by atoms with Crippen molar-refractivity contribution in [2.45, 2.75) is 45.1 Å². The van der Waals surface area contributed by atoms with Gasteiger partial charge in [0.2, 0.25) is 5.91 Å². The summed E-state index contributed by atoms with van der Waals surface area (Å²) in [6.07, 6.45) is -0.292. The number of amides is 1. The minimum Gasteiger partial charge on any atom is -0.486 e. The number of benzene rings is 4. The van der Waals surface area contributed by atoms with Crippen molar-refractivity contribution in [1.82, 2.24) is 10.6 Å². The fourth-order valence-electron chi connectivity index (χ4n) is 5.95. The van der Waals surface area contributed by atoms with Gasteiger partial charge in [-0.1, -0.05) is 60.7 Å². The number of hydrogen-bond acceptors (Lipinski definition) is 11. The van der Waals surface area contributed by atoms with Gasteiger partial charge in [-0.3, -0.25) is 19.7 Å². The van der Waals surface area contributed by atoms with Gasteiger partial charge in [-0.15, -0.1) is 0 Å². The Bertz CT molecular complexity index is 1850. The number of hydrogen-bond donors (Lipinski definition) is 3. The van der Waals surface area contributed by atoms with Crippen molar-refractivity contribution in [2.24, 2.45) is 0 Å². The molecule has 0 aliphatic carbocycles. The van der Waals surface area contributed by atoms with Crippen LogP contribution in [0.1, 0.15) is 29.2 Å². The van der Waals surface area contributed by atoms with Gasteiger partial charge in [-0.25, -0.2) is 0 Å².